The number of rotatable bonds is 8. The van der Waals surface area contributed by atoms with Crippen LogP contribution in [0.4, 0.5) is 0 Å². The molecule has 1 saturated heterocycles. The number of ether oxygens (including phenoxy) is 2. The maximum atomic E-state index is 12.6. The van der Waals surface area contributed by atoms with Crippen molar-refractivity contribution < 1.29 is 50.3 Å². The second-order valence-corrected chi connectivity index (χ2v) is 15.5. The van der Waals surface area contributed by atoms with Gasteiger partial charge in [0.05, 0.1) is 36.6 Å². The summed E-state index contributed by atoms with van der Waals surface area (Å²) in [6, 6.07) is 0. The van der Waals surface area contributed by atoms with Crippen molar-refractivity contribution in [2.75, 3.05) is 13.2 Å². The molecular formula is C33H56O10. The number of hydrogen-bond donors (Lipinski definition) is 8. The van der Waals surface area contributed by atoms with Crippen LogP contribution >= 0.6 is 0 Å². The summed E-state index contributed by atoms with van der Waals surface area (Å²) in [4.78, 5) is 0. The number of fused-ring (bicyclic) bond motifs is 5. The molecule has 0 spiro atoms. The van der Waals surface area contributed by atoms with E-state index in [0.717, 1.165) is 24.8 Å². The highest BCUT2D eigenvalue weighted by atomic mass is 16.7. The van der Waals surface area contributed by atoms with E-state index in [4.69, 9.17) is 9.47 Å². The van der Waals surface area contributed by atoms with Gasteiger partial charge in [-0.2, -0.15) is 0 Å². The van der Waals surface area contributed by atoms with E-state index in [1.54, 1.807) is 0 Å². The van der Waals surface area contributed by atoms with Crippen molar-refractivity contribution >= 4 is 0 Å². The smallest absolute Gasteiger partial charge is 0.186 e. The molecule has 248 valence electrons. The normalized spacial score (nSPS) is 51.9. The fourth-order valence-electron chi connectivity index (χ4n) is 10.3. The van der Waals surface area contributed by atoms with E-state index in [-0.39, 0.29) is 43.3 Å². The zero-order chi connectivity index (χ0) is 31.6. The van der Waals surface area contributed by atoms with Gasteiger partial charge in [-0.3, -0.25) is 0 Å². The van der Waals surface area contributed by atoms with E-state index in [2.05, 4.69) is 27.7 Å². The molecule has 8 N–H and O–H groups in total. The molecule has 5 rings (SSSR count). The van der Waals surface area contributed by atoms with E-state index in [1.165, 1.54) is 0 Å². The van der Waals surface area contributed by atoms with E-state index in [0.29, 0.717) is 25.2 Å². The molecule has 43 heavy (non-hydrogen) atoms. The van der Waals surface area contributed by atoms with Gasteiger partial charge in [0.15, 0.2) is 6.29 Å². The van der Waals surface area contributed by atoms with Gasteiger partial charge in [-0.15, -0.1) is 0 Å². The van der Waals surface area contributed by atoms with Crippen molar-refractivity contribution in [1.29, 1.82) is 0 Å². The van der Waals surface area contributed by atoms with Gasteiger partial charge < -0.3 is 50.3 Å². The Hall–Kier alpha value is -0.660. The van der Waals surface area contributed by atoms with Gasteiger partial charge in [0.25, 0.3) is 0 Å². The Morgan fingerprint density at radius 3 is 2.28 bits per heavy atom. The average Bonchev–Trinajstić information content (AvgIpc) is 3.16. The van der Waals surface area contributed by atoms with Crippen molar-refractivity contribution in [3.8, 4) is 0 Å². The molecule has 0 aromatic carbocycles. The maximum Gasteiger partial charge on any atom is 0.186 e. The molecule has 3 saturated carbocycles. The molecule has 10 nitrogen and oxygen atoms in total. The quantitative estimate of drug-likeness (QED) is 0.185. The van der Waals surface area contributed by atoms with Crippen LogP contribution in [0, 0.1) is 46.3 Å². The molecule has 0 amide bonds. The molecule has 0 aromatic rings. The standard InChI is InChI=1S/C33H56O10/c1-16(18(3)14-34)6-7-17(2)24-26(38)27(39)29-32(24,5)11-9-23-31(4)10-8-19(12-20(31)21(35)13-33(23,29)41)43-30-28(40)25(37)22(36)15-42-30/h12,16-19,21-30,34-41H,6-11,13-15H2,1-5H3/t16-,17-,18-,19+,21-,22-,23-,24+,25+,26-,27+,28-,29-,30+,31+,32-,33+/m1/s1. The SMILES string of the molecule is C[C@H](CC[C@@H](C)[C@H](C)CO)[C@H]1[C@@H](O)[C@H](O)[C@@H]2[C@]1(C)CC[C@H]1[C@@]2(O)C[C@@H](O)C2=C[C@@H](O[C@@H]3OC[C@@H](O)[C@H](O)[C@H]3O)CC[C@@]21C. The Morgan fingerprint density at radius 1 is 0.907 bits per heavy atom. The molecule has 0 radical (unpaired) electrons. The predicted molar refractivity (Wildman–Crippen MR) is 157 cm³/mol. The van der Waals surface area contributed by atoms with Crippen molar-refractivity contribution in [1.82, 2.24) is 0 Å². The fourth-order valence-corrected chi connectivity index (χ4v) is 10.3. The van der Waals surface area contributed by atoms with Crippen LogP contribution in [0.3, 0.4) is 0 Å². The Balaban J connectivity index is 1.36. The first-order chi connectivity index (χ1) is 20.1. The average molecular weight is 613 g/mol. The van der Waals surface area contributed by atoms with Crippen molar-refractivity contribution in [2.24, 2.45) is 46.3 Å². The highest BCUT2D eigenvalue weighted by Crippen LogP contribution is 2.69. The molecule has 0 aromatic heterocycles. The monoisotopic (exact) mass is 612 g/mol. The summed E-state index contributed by atoms with van der Waals surface area (Å²) in [6.45, 7) is 10.5. The lowest BCUT2D eigenvalue weighted by molar-refractivity contribution is -0.280. The number of aliphatic hydroxyl groups is 8. The molecule has 0 bridgehead atoms. The molecule has 1 aliphatic heterocycles. The van der Waals surface area contributed by atoms with Gasteiger partial charge in [-0.25, -0.2) is 0 Å². The van der Waals surface area contributed by atoms with E-state index in [9.17, 15) is 40.9 Å². The second-order valence-electron chi connectivity index (χ2n) is 15.5. The van der Waals surface area contributed by atoms with Crippen LogP contribution in [0.1, 0.15) is 79.6 Å². The van der Waals surface area contributed by atoms with E-state index >= 15 is 0 Å². The summed E-state index contributed by atoms with van der Waals surface area (Å²) in [6.07, 6.45) is -2.35. The van der Waals surface area contributed by atoms with Crippen LogP contribution in [0.5, 0.6) is 0 Å². The van der Waals surface area contributed by atoms with Crippen molar-refractivity contribution in [3.63, 3.8) is 0 Å². The molecule has 4 aliphatic carbocycles. The van der Waals surface area contributed by atoms with Crippen molar-refractivity contribution in [2.45, 2.75) is 134 Å². The molecule has 5 aliphatic rings. The fraction of sp³-hybridized carbons (Fsp3) is 0.939. The summed E-state index contributed by atoms with van der Waals surface area (Å²) < 4.78 is 11.5. The van der Waals surface area contributed by atoms with E-state index < -0.39 is 71.4 Å². The van der Waals surface area contributed by atoms with Gasteiger partial charge >= 0.3 is 0 Å². The first kappa shape index (κ1) is 33.7. The first-order valence-electron chi connectivity index (χ1n) is 16.5. The highest BCUT2D eigenvalue weighted by molar-refractivity contribution is 5.33. The van der Waals surface area contributed by atoms with Crippen molar-refractivity contribution in [3.05, 3.63) is 11.6 Å². The molecular weight excluding hydrogens is 556 g/mol. The second kappa shape index (κ2) is 12.2. The number of aliphatic hydroxyl groups excluding tert-OH is 7. The molecule has 0 unspecified atom stereocenters. The predicted octanol–water partition coefficient (Wildman–Crippen LogP) is 1.10. The third-order valence-corrected chi connectivity index (χ3v) is 13.0. The molecule has 1 heterocycles. The van der Waals surface area contributed by atoms with Gasteiger partial charge in [-0.1, -0.05) is 53.5 Å². The minimum Gasteiger partial charge on any atom is -0.396 e. The highest BCUT2D eigenvalue weighted by Gasteiger charge is 2.72. The van der Waals surface area contributed by atoms with Crippen LogP contribution in [-0.2, 0) is 9.47 Å². The minimum atomic E-state index is -1.40. The Labute approximate surface area is 255 Å². The van der Waals surface area contributed by atoms with Gasteiger partial charge in [0.1, 0.15) is 18.3 Å². The summed E-state index contributed by atoms with van der Waals surface area (Å²) in [5, 5.41) is 87.0. The van der Waals surface area contributed by atoms with Crippen LogP contribution in [0.15, 0.2) is 11.6 Å². The Morgan fingerprint density at radius 2 is 1.60 bits per heavy atom. The van der Waals surface area contributed by atoms with Crippen LogP contribution < -0.4 is 0 Å². The third kappa shape index (κ3) is 5.45. The Bertz CT molecular complexity index is 1020. The lowest BCUT2D eigenvalue weighted by Crippen LogP contribution is -2.66. The summed E-state index contributed by atoms with van der Waals surface area (Å²) in [7, 11) is 0. The zero-order valence-electron chi connectivity index (χ0n) is 26.4. The van der Waals surface area contributed by atoms with Gasteiger partial charge in [0.2, 0.25) is 0 Å². The van der Waals surface area contributed by atoms with Gasteiger partial charge in [0, 0.05) is 18.9 Å². The Kier molecular flexibility index (Phi) is 9.54. The summed E-state index contributed by atoms with van der Waals surface area (Å²) >= 11 is 0. The molecule has 4 fully saturated rings. The minimum absolute atomic E-state index is 0.0510. The molecule has 17 atom stereocenters. The van der Waals surface area contributed by atoms with Crippen LogP contribution in [0.2, 0.25) is 0 Å². The molecule has 10 heteroatoms. The summed E-state index contributed by atoms with van der Waals surface area (Å²) in [5.41, 5.74) is -1.66. The van der Waals surface area contributed by atoms with Crippen LogP contribution in [-0.4, -0.2) is 109 Å². The van der Waals surface area contributed by atoms with E-state index in [1.807, 2.05) is 13.0 Å². The van der Waals surface area contributed by atoms with Gasteiger partial charge in [-0.05, 0) is 71.7 Å². The third-order valence-electron chi connectivity index (χ3n) is 13.0. The topological polar surface area (TPSA) is 180 Å². The maximum absolute atomic E-state index is 12.6. The lowest BCUT2D eigenvalue weighted by Gasteiger charge is -2.64. The summed E-state index contributed by atoms with van der Waals surface area (Å²) in [5.74, 6) is -0.382. The number of hydrogen-bond acceptors (Lipinski definition) is 10. The zero-order valence-corrected chi connectivity index (χ0v) is 26.4. The van der Waals surface area contributed by atoms with Crippen LogP contribution in [0.25, 0.3) is 0 Å². The largest absolute Gasteiger partial charge is 0.396 e. The lowest BCUT2D eigenvalue weighted by atomic mass is 9.43. The first-order valence-corrected chi connectivity index (χ1v) is 16.5.